The second-order valence-electron chi connectivity index (χ2n) is 8.15. The minimum atomic E-state index is -4.43. The average molecular weight is 370 g/mol. The summed E-state index contributed by atoms with van der Waals surface area (Å²) in [4.78, 5) is 3.92. The predicted octanol–water partition coefficient (Wildman–Crippen LogP) is 2.76. The monoisotopic (exact) mass is 370 g/mol. The highest BCUT2D eigenvalue weighted by molar-refractivity contribution is 6.62. The summed E-state index contributed by atoms with van der Waals surface area (Å²) in [7, 11) is 1.17. The van der Waals surface area contributed by atoms with E-state index in [9.17, 15) is 13.2 Å². The maximum Gasteiger partial charge on any atom is 0.494 e. The van der Waals surface area contributed by atoms with Crippen molar-refractivity contribution >= 4 is 18.3 Å². The number of nitrogens with zero attached hydrogens (tertiary/aromatic N) is 2. The van der Waals surface area contributed by atoms with Gasteiger partial charge in [0.25, 0.3) is 0 Å². The van der Waals surface area contributed by atoms with Gasteiger partial charge in [0.05, 0.1) is 16.8 Å². The zero-order valence-electron chi connectivity index (χ0n) is 16.0. The van der Waals surface area contributed by atoms with Crippen molar-refractivity contribution in [1.29, 1.82) is 0 Å². The third-order valence-electron chi connectivity index (χ3n) is 5.70. The first-order chi connectivity index (χ1) is 11.9. The first kappa shape index (κ1) is 19.5. The van der Waals surface area contributed by atoms with E-state index in [1.54, 1.807) is 17.0 Å². The van der Waals surface area contributed by atoms with E-state index >= 15 is 0 Å². The second-order valence-corrected chi connectivity index (χ2v) is 8.15. The molecule has 2 fully saturated rings. The zero-order valence-corrected chi connectivity index (χ0v) is 16.0. The molecular weight excluding hydrogens is 344 g/mol. The molecule has 2 heterocycles. The Bertz CT molecular complexity index is 655. The van der Waals surface area contributed by atoms with Crippen LogP contribution in [0.2, 0.25) is 0 Å². The van der Waals surface area contributed by atoms with Crippen LogP contribution in [0, 0.1) is 0 Å². The van der Waals surface area contributed by atoms with Gasteiger partial charge in [-0.15, -0.1) is 0 Å². The number of alkyl halides is 3. The molecule has 2 aliphatic rings. The molecule has 0 N–H and O–H groups in total. The number of halogens is 3. The predicted molar refractivity (Wildman–Crippen MR) is 96.9 cm³/mol. The van der Waals surface area contributed by atoms with Crippen molar-refractivity contribution in [1.82, 2.24) is 4.90 Å². The SMILES string of the molecule is CN1CCN(c2ccc(B3OC(C)(C)C(C)(C)O3)cc2C(F)(F)F)CC1. The molecule has 26 heavy (non-hydrogen) atoms. The molecule has 2 saturated heterocycles. The third-order valence-corrected chi connectivity index (χ3v) is 5.70. The van der Waals surface area contributed by atoms with Crippen LogP contribution in [-0.2, 0) is 15.5 Å². The molecule has 0 aromatic heterocycles. The molecule has 0 saturated carbocycles. The van der Waals surface area contributed by atoms with Gasteiger partial charge in [-0.1, -0.05) is 6.07 Å². The van der Waals surface area contributed by atoms with Crippen molar-refractivity contribution in [3.8, 4) is 0 Å². The summed E-state index contributed by atoms with van der Waals surface area (Å²) in [5.41, 5.74) is -1.19. The summed E-state index contributed by atoms with van der Waals surface area (Å²) in [5.74, 6) is 0. The molecular formula is C18H26BF3N2O2. The van der Waals surface area contributed by atoms with Crippen molar-refractivity contribution < 1.29 is 22.5 Å². The fourth-order valence-corrected chi connectivity index (χ4v) is 3.23. The molecule has 8 heteroatoms. The Labute approximate surface area is 153 Å². The molecule has 0 radical (unpaired) electrons. The van der Waals surface area contributed by atoms with Crippen LogP contribution >= 0.6 is 0 Å². The lowest BCUT2D eigenvalue weighted by molar-refractivity contribution is -0.137. The van der Waals surface area contributed by atoms with Gasteiger partial charge in [0, 0.05) is 31.9 Å². The lowest BCUT2D eigenvalue weighted by Gasteiger charge is -2.35. The fourth-order valence-electron chi connectivity index (χ4n) is 3.23. The molecule has 0 amide bonds. The Kier molecular flexibility index (Phi) is 4.82. The van der Waals surface area contributed by atoms with Crippen LogP contribution < -0.4 is 10.4 Å². The average Bonchev–Trinajstić information content (AvgIpc) is 2.75. The standard InChI is InChI=1S/C18H26BF3N2O2/c1-16(2)17(3,4)26-19(25-16)13-6-7-15(14(12-13)18(20,21)22)24-10-8-23(5)9-11-24/h6-7,12H,8-11H2,1-5H3. The van der Waals surface area contributed by atoms with Crippen LogP contribution in [0.25, 0.3) is 0 Å². The van der Waals surface area contributed by atoms with Crippen molar-refractivity contribution in [3.63, 3.8) is 0 Å². The third kappa shape index (κ3) is 3.59. The smallest absolute Gasteiger partial charge is 0.399 e. The number of anilines is 1. The van der Waals surface area contributed by atoms with E-state index in [1.165, 1.54) is 6.07 Å². The van der Waals surface area contributed by atoms with Gasteiger partial charge in [-0.25, -0.2) is 0 Å². The van der Waals surface area contributed by atoms with Gasteiger partial charge < -0.3 is 19.1 Å². The molecule has 0 bridgehead atoms. The maximum atomic E-state index is 13.7. The number of rotatable bonds is 2. The van der Waals surface area contributed by atoms with E-state index in [0.717, 1.165) is 13.1 Å². The van der Waals surface area contributed by atoms with Crippen LogP contribution in [0.1, 0.15) is 33.3 Å². The van der Waals surface area contributed by atoms with Crippen molar-refractivity contribution in [2.45, 2.75) is 45.1 Å². The van der Waals surface area contributed by atoms with Crippen molar-refractivity contribution in [3.05, 3.63) is 23.8 Å². The topological polar surface area (TPSA) is 24.9 Å². The van der Waals surface area contributed by atoms with Gasteiger partial charge >= 0.3 is 13.3 Å². The summed E-state index contributed by atoms with van der Waals surface area (Å²) in [6.07, 6.45) is -4.43. The number of piperazine rings is 1. The highest BCUT2D eigenvalue weighted by Crippen LogP contribution is 2.39. The highest BCUT2D eigenvalue weighted by Gasteiger charge is 2.52. The molecule has 0 aliphatic carbocycles. The summed E-state index contributed by atoms with van der Waals surface area (Å²) < 4.78 is 53.0. The van der Waals surface area contributed by atoms with Crippen molar-refractivity contribution in [2.24, 2.45) is 0 Å². The maximum absolute atomic E-state index is 13.7. The number of likely N-dealkylation sites (N-methyl/N-ethyl adjacent to an activating group) is 1. The molecule has 0 atom stereocenters. The minimum absolute atomic E-state index is 0.228. The fraction of sp³-hybridized carbons (Fsp3) is 0.667. The number of hydrogen-bond acceptors (Lipinski definition) is 4. The minimum Gasteiger partial charge on any atom is -0.399 e. The Morgan fingerprint density at radius 3 is 2.00 bits per heavy atom. The molecule has 4 nitrogen and oxygen atoms in total. The molecule has 0 spiro atoms. The van der Waals surface area contributed by atoms with Crippen LogP contribution in [0.5, 0.6) is 0 Å². The molecule has 3 rings (SSSR count). The van der Waals surface area contributed by atoms with E-state index < -0.39 is 30.1 Å². The summed E-state index contributed by atoms with van der Waals surface area (Å²) in [6, 6.07) is 4.41. The molecule has 0 unspecified atom stereocenters. The van der Waals surface area contributed by atoms with Crippen LogP contribution in [0.15, 0.2) is 18.2 Å². The lowest BCUT2D eigenvalue weighted by Crippen LogP contribution is -2.45. The number of benzene rings is 1. The van der Waals surface area contributed by atoms with Crippen LogP contribution in [-0.4, -0.2) is 56.4 Å². The number of hydrogen-bond donors (Lipinski definition) is 0. The van der Waals surface area contributed by atoms with E-state index in [0.29, 0.717) is 18.6 Å². The first-order valence-electron chi connectivity index (χ1n) is 8.91. The largest absolute Gasteiger partial charge is 0.494 e. The van der Waals surface area contributed by atoms with Gasteiger partial charge in [0.2, 0.25) is 0 Å². The Morgan fingerprint density at radius 2 is 1.50 bits per heavy atom. The molecule has 144 valence electrons. The van der Waals surface area contributed by atoms with Crippen LogP contribution in [0.3, 0.4) is 0 Å². The first-order valence-corrected chi connectivity index (χ1v) is 8.91. The quantitative estimate of drug-likeness (QED) is 0.748. The van der Waals surface area contributed by atoms with E-state index in [2.05, 4.69) is 4.90 Å². The lowest BCUT2D eigenvalue weighted by atomic mass is 9.78. The summed E-state index contributed by atoms with van der Waals surface area (Å²) in [5, 5.41) is 0. The molecule has 2 aliphatic heterocycles. The van der Waals surface area contributed by atoms with Gasteiger partial charge in [-0.05, 0) is 52.3 Å². The Morgan fingerprint density at radius 1 is 0.962 bits per heavy atom. The van der Waals surface area contributed by atoms with E-state index in [1.807, 2.05) is 34.7 Å². The van der Waals surface area contributed by atoms with Gasteiger partial charge in [-0.2, -0.15) is 13.2 Å². The van der Waals surface area contributed by atoms with Gasteiger partial charge in [-0.3, -0.25) is 0 Å². The van der Waals surface area contributed by atoms with E-state index in [4.69, 9.17) is 9.31 Å². The van der Waals surface area contributed by atoms with Crippen LogP contribution in [0.4, 0.5) is 18.9 Å². The summed E-state index contributed by atoms with van der Waals surface area (Å²) >= 11 is 0. The van der Waals surface area contributed by atoms with E-state index in [-0.39, 0.29) is 5.69 Å². The van der Waals surface area contributed by atoms with Gasteiger partial charge in [0.15, 0.2) is 0 Å². The summed E-state index contributed by atoms with van der Waals surface area (Å²) in [6.45, 7) is 10.2. The Hall–Kier alpha value is -1.25. The van der Waals surface area contributed by atoms with Crippen molar-refractivity contribution in [2.75, 3.05) is 38.1 Å². The van der Waals surface area contributed by atoms with Gasteiger partial charge in [0.1, 0.15) is 0 Å². The Balaban J connectivity index is 1.93. The molecule has 1 aromatic carbocycles. The second kappa shape index (κ2) is 6.42. The zero-order chi connectivity index (χ0) is 19.3. The highest BCUT2D eigenvalue weighted by atomic mass is 19.4. The molecule has 1 aromatic rings. The normalized spacial score (nSPS) is 23.5.